The number of hydrogen-bond donors (Lipinski definition) is 0. The van der Waals surface area contributed by atoms with E-state index in [1.54, 1.807) is 14.2 Å². The molecular weight excluding hydrogens is 376 g/mol. The highest BCUT2D eigenvalue weighted by Crippen LogP contribution is 2.80. The predicted molar refractivity (Wildman–Crippen MR) is 98.7 cm³/mol. The third-order valence-electron chi connectivity index (χ3n) is 9.64. The molecule has 7 heteroatoms. The van der Waals surface area contributed by atoms with E-state index in [1.165, 1.54) is 7.11 Å². The second-order valence-corrected chi connectivity index (χ2v) is 10.2. The Morgan fingerprint density at radius 3 is 2.62 bits per heavy atom. The molecule has 0 unspecified atom stereocenters. The van der Waals surface area contributed by atoms with Crippen LogP contribution >= 0.6 is 0 Å². The van der Waals surface area contributed by atoms with Crippen LogP contribution in [-0.2, 0) is 33.3 Å². The van der Waals surface area contributed by atoms with Gasteiger partial charge in [-0.05, 0) is 44.1 Å². The zero-order chi connectivity index (χ0) is 20.4. The van der Waals surface area contributed by atoms with Gasteiger partial charge in [-0.2, -0.15) is 0 Å². The van der Waals surface area contributed by atoms with Crippen molar-refractivity contribution < 1.29 is 33.3 Å². The Bertz CT molecular complexity index is 848. The number of methoxy groups -OCH3 is 3. The number of hydrogen-bond acceptors (Lipinski definition) is 7. The van der Waals surface area contributed by atoms with E-state index in [9.17, 15) is 9.59 Å². The summed E-state index contributed by atoms with van der Waals surface area (Å²) in [7, 11) is 4.79. The Balaban J connectivity index is 1.59. The fourth-order valence-corrected chi connectivity index (χ4v) is 8.56. The summed E-state index contributed by atoms with van der Waals surface area (Å²) in [4.78, 5) is 26.6. The molecule has 3 saturated carbocycles. The summed E-state index contributed by atoms with van der Waals surface area (Å²) in [6.45, 7) is 2.56. The first kappa shape index (κ1) is 18.3. The van der Waals surface area contributed by atoms with Crippen LogP contribution in [0.15, 0.2) is 12.2 Å². The molecule has 0 aromatic carbocycles. The van der Waals surface area contributed by atoms with Crippen molar-refractivity contribution in [3.63, 3.8) is 0 Å². The number of ether oxygens (including phenoxy) is 5. The lowest BCUT2D eigenvalue weighted by Crippen LogP contribution is -2.51. The van der Waals surface area contributed by atoms with Crippen LogP contribution in [0.5, 0.6) is 0 Å². The van der Waals surface area contributed by atoms with Crippen LogP contribution in [0.2, 0.25) is 0 Å². The normalized spacial score (nSPS) is 58.1. The first-order valence-corrected chi connectivity index (χ1v) is 10.5. The SMILES string of the molecule is COC(=O)[C@H]1[C@H]2[C@@]3(C=C[C@H](OC)[C@@]2(C)C(=O)O3)[C@@H]2CC[C@]3(OC)C[C@@]21C[C@@]31CO1. The molecule has 0 amide bonds. The Morgan fingerprint density at radius 1 is 1.24 bits per heavy atom. The molecule has 2 heterocycles. The number of esters is 2. The molecule has 158 valence electrons. The van der Waals surface area contributed by atoms with Crippen molar-refractivity contribution in [3.8, 4) is 0 Å². The largest absolute Gasteiger partial charge is 0.469 e. The minimum absolute atomic E-state index is 0.0378. The molecule has 5 fully saturated rings. The van der Waals surface area contributed by atoms with E-state index >= 15 is 0 Å². The Morgan fingerprint density at radius 2 is 2.00 bits per heavy atom. The predicted octanol–water partition coefficient (Wildman–Crippen LogP) is 1.64. The molecule has 6 rings (SSSR count). The monoisotopic (exact) mass is 404 g/mol. The third-order valence-corrected chi connectivity index (χ3v) is 9.64. The van der Waals surface area contributed by atoms with Gasteiger partial charge in [0.15, 0.2) is 0 Å². The van der Waals surface area contributed by atoms with Gasteiger partial charge in [-0.1, -0.05) is 6.08 Å². The Kier molecular flexibility index (Phi) is 3.20. The van der Waals surface area contributed by atoms with Crippen molar-refractivity contribution >= 4 is 11.9 Å². The highest BCUT2D eigenvalue weighted by atomic mass is 16.6. The van der Waals surface area contributed by atoms with Crippen molar-refractivity contribution in [2.24, 2.45) is 28.6 Å². The molecule has 29 heavy (non-hydrogen) atoms. The van der Waals surface area contributed by atoms with Crippen molar-refractivity contribution in [3.05, 3.63) is 12.2 Å². The zero-order valence-electron chi connectivity index (χ0n) is 17.4. The standard InChI is InChI=1S/C22H28O7/c1-18-13(25-2)6-8-22(29-17(18)24)12-5-7-20(27-4)9-19(12,10-21(20)11-28-21)14(15(18)22)16(23)26-3/h6,8,12-15H,5,7,9-11H2,1-4H3/t12-,13+,14-,15-,18-,19-,20+,21-,22-/m1/s1. The van der Waals surface area contributed by atoms with Gasteiger partial charge in [-0.3, -0.25) is 9.59 Å². The van der Waals surface area contributed by atoms with E-state index < -0.39 is 23.0 Å². The number of carbonyl (C=O) groups is 2. The second-order valence-electron chi connectivity index (χ2n) is 10.2. The zero-order valence-corrected chi connectivity index (χ0v) is 17.4. The van der Waals surface area contributed by atoms with Crippen LogP contribution in [0, 0.1) is 28.6 Å². The van der Waals surface area contributed by atoms with Gasteiger partial charge in [0.25, 0.3) is 0 Å². The first-order chi connectivity index (χ1) is 13.8. The van der Waals surface area contributed by atoms with Gasteiger partial charge in [-0.25, -0.2) is 0 Å². The lowest BCUT2D eigenvalue weighted by molar-refractivity contribution is -0.166. The Labute approximate surface area is 170 Å². The van der Waals surface area contributed by atoms with E-state index in [0.29, 0.717) is 6.61 Å². The minimum atomic E-state index is -0.926. The molecule has 7 nitrogen and oxygen atoms in total. The maximum absolute atomic E-state index is 13.4. The van der Waals surface area contributed by atoms with Gasteiger partial charge < -0.3 is 23.7 Å². The third kappa shape index (κ3) is 1.65. The maximum atomic E-state index is 13.4. The van der Waals surface area contributed by atoms with Crippen molar-refractivity contribution in [1.29, 1.82) is 0 Å². The first-order valence-electron chi connectivity index (χ1n) is 10.5. The van der Waals surface area contributed by atoms with Gasteiger partial charge >= 0.3 is 11.9 Å². The average Bonchev–Trinajstić information content (AvgIpc) is 3.37. The summed E-state index contributed by atoms with van der Waals surface area (Å²) in [5.41, 5.74) is -2.81. The van der Waals surface area contributed by atoms with Gasteiger partial charge in [0.2, 0.25) is 0 Å². The second kappa shape index (κ2) is 5.06. The van der Waals surface area contributed by atoms with Gasteiger partial charge in [-0.15, -0.1) is 0 Å². The molecule has 6 aliphatic rings. The van der Waals surface area contributed by atoms with Gasteiger partial charge in [0.05, 0.1) is 31.3 Å². The molecular formula is C22H28O7. The lowest BCUT2D eigenvalue weighted by atomic mass is 9.61. The summed E-state index contributed by atoms with van der Waals surface area (Å²) in [5, 5.41) is 0. The fourth-order valence-electron chi connectivity index (χ4n) is 8.56. The van der Waals surface area contributed by atoms with E-state index in [-0.39, 0.29) is 40.4 Å². The molecule has 4 bridgehead atoms. The molecule has 0 aromatic rings. The van der Waals surface area contributed by atoms with Crippen molar-refractivity contribution in [2.45, 2.75) is 55.5 Å². The number of fused-ring (bicyclic) bond motifs is 2. The average molecular weight is 404 g/mol. The number of carbonyl (C=O) groups excluding carboxylic acids is 2. The number of rotatable bonds is 3. The van der Waals surface area contributed by atoms with E-state index in [4.69, 9.17) is 23.7 Å². The molecule has 2 spiro atoms. The minimum Gasteiger partial charge on any atom is -0.469 e. The molecule has 0 radical (unpaired) electrons. The Hall–Kier alpha value is -1.44. The molecule has 9 atom stereocenters. The topological polar surface area (TPSA) is 83.6 Å². The van der Waals surface area contributed by atoms with Crippen molar-refractivity contribution in [1.82, 2.24) is 0 Å². The molecule has 2 aliphatic heterocycles. The summed E-state index contributed by atoms with van der Waals surface area (Å²) >= 11 is 0. The smallest absolute Gasteiger partial charge is 0.316 e. The highest BCUT2D eigenvalue weighted by Gasteiger charge is 2.87. The highest BCUT2D eigenvalue weighted by molar-refractivity contribution is 5.87. The van der Waals surface area contributed by atoms with Crippen LogP contribution in [0.3, 0.4) is 0 Å². The van der Waals surface area contributed by atoms with Gasteiger partial charge in [0, 0.05) is 26.1 Å². The van der Waals surface area contributed by atoms with E-state index in [2.05, 4.69) is 0 Å². The van der Waals surface area contributed by atoms with Gasteiger partial charge in [0.1, 0.15) is 16.6 Å². The van der Waals surface area contributed by atoms with Crippen LogP contribution < -0.4 is 0 Å². The van der Waals surface area contributed by atoms with Crippen LogP contribution in [0.25, 0.3) is 0 Å². The summed E-state index contributed by atoms with van der Waals surface area (Å²) in [6, 6.07) is 0. The van der Waals surface area contributed by atoms with Crippen molar-refractivity contribution in [2.75, 3.05) is 27.9 Å². The van der Waals surface area contributed by atoms with Crippen LogP contribution in [0.1, 0.15) is 32.6 Å². The van der Waals surface area contributed by atoms with Crippen LogP contribution in [-0.4, -0.2) is 62.8 Å². The molecule has 2 saturated heterocycles. The summed E-state index contributed by atoms with van der Waals surface area (Å²) in [5.74, 6) is -1.29. The summed E-state index contributed by atoms with van der Waals surface area (Å²) in [6.07, 6.45) is 6.70. The van der Waals surface area contributed by atoms with E-state index in [0.717, 1.165) is 25.7 Å². The van der Waals surface area contributed by atoms with Crippen LogP contribution in [0.4, 0.5) is 0 Å². The molecule has 0 N–H and O–H groups in total. The summed E-state index contributed by atoms with van der Waals surface area (Å²) < 4.78 is 29.4. The fraction of sp³-hybridized carbons (Fsp3) is 0.818. The van der Waals surface area contributed by atoms with E-state index in [1.807, 2.05) is 19.1 Å². The molecule has 4 aliphatic carbocycles. The maximum Gasteiger partial charge on any atom is 0.316 e. The quantitative estimate of drug-likeness (QED) is 0.402. The lowest BCUT2D eigenvalue weighted by Gasteiger charge is -2.45. The molecule has 0 aromatic heterocycles. The number of epoxide rings is 1.